The molecule has 0 atom stereocenters. The van der Waals surface area contributed by atoms with E-state index in [1.54, 1.807) is 0 Å². The molecule has 0 aromatic heterocycles. The van der Waals surface area contributed by atoms with E-state index in [4.69, 9.17) is 4.74 Å². The van der Waals surface area contributed by atoms with Gasteiger partial charge < -0.3 is 10.1 Å². The summed E-state index contributed by atoms with van der Waals surface area (Å²) in [6, 6.07) is 8.96. The third-order valence-corrected chi connectivity index (χ3v) is 2.89. The summed E-state index contributed by atoms with van der Waals surface area (Å²) in [6.07, 6.45) is 3.97. The van der Waals surface area contributed by atoms with E-state index >= 15 is 0 Å². The van der Waals surface area contributed by atoms with Crippen LogP contribution in [0.1, 0.15) is 33.1 Å². The lowest BCUT2D eigenvalue weighted by Crippen LogP contribution is -2.26. The van der Waals surface area contributed by atoms with Crippen LogP contribution >= 0.6 is 0 Å². The molecule has 0 radical (unpaired) electrons. The van der Waals surface area contributed by atoms with Crippen molar-refractivity contribution in [1.29, 1.82) is 0 Å². The lowest BCUT2D eigenvalue weighted by molar-refractivity contribution is 0.271. The summed E-state index contributed by atoms with van der Waals surface area (Å²) in [6.45, 7) is 5.11. The highest BCUT2D eigenvalue weighted by Gasteiger charge is 2.16. The summed E-state index contributed by atoms with van der Waals surface area (Å²) < 4.78 is 5.70. The van der Waals surface area contributed by atoms with Gasteiger partial charge in [0.1, 0.15) is 5.75 Å². The average molecular weight is 219 g/mol. The molecular weight excluding hydrogens is 198 g/mol. The highest BCUT2D eigenvalue weighted by Crippen LogP contribution is 2.25. The standard InChI is InChI=1S/C14H21NO/c1-11(2)10-16-14-8-4-7-13(9-14)15-12-5-3-6-12/h4,7-9,11-12,15H,3,5-6,10H2,1-2H3. The summed E-state index contributed by atoms with van der Waals surface area (Å²) in [5.74, 6) is 1.54. The SMILES string of the molecule is CC(C)COc1cccc(NC2CCC2)c1. The summed E-state index contributed by atoms with van der Waals surface area (Å²) in [5.41, 5.74) is 1.19. The largest absolute Gasteiger partial charge is 0.493 e. The number of ether oxygens (including phenoxy) is 1. The van der Waals surface area contributed by atoms with E-state index in [9.17, 15) is 0 Å². The monoisotopic (exact) mass is 219 g/mol. The molecule has 1 N–H and O–H groups in total. The van der Waals surface area contributed by atoms with Crippen LogP contribution < -0.4 is 10.1 Å². The van der Waals surface area contributed by atoms with E-state index in [0.29, 0.717) is 12.0 Å². The molecule has 1 aromatic rings. The quantitative estimate of drug-likeness (QED) is 0.815. The lowest BCUT2D eigenvalue weighted by Gasteiger charge is -2.27. The zero-order chi connectivity index (χ0) is 11.4. The predicted molar refractivity (Wildman–Crippen MR) is 68.0 cm³/mol. The van der Waals surface area contributed by atoms with Crippen molar-refractivity contribution in [3.8, 4) is 5.75 Å². The van der Waals surface area contributed by atoms with Gasteiger partial charge in [0.05, 0.1) is 6.61 Å². The first-order valence-corrected chi connectivity index (χ1v) is 6.23. The Morgan fingerprint density at radius 1 is 1.38 bits per heavy atom. The van der Waals surface area contributed by atoms with E-state index in [1.165, 1.54) is 24.9 Å². The molecule has 1 fully saturated rings. The molecule has 1 aliphatic carbocycles. The number of benzene rings is 1. The van der Waals surface area contributed by atoms with Gasteiger partial charge in [-0.2, -0.15) is 0 Å². The Kier molecular flexibility index (Phi) is 3.70. The molecule has 0 spiro atoms. The van der Waals surface area contributed by atoms with E-state index in [2.05, 4.69) is 37.4 Å². The molecule has 2 nitrogen and oxygen atoms in total. The number of hydrogen-bond donors (Lipinski definition) is 1. The minimum atomic E-state index is 0.572. The highest BCUT2D eigenvalue weighted by molar-refractivity contribution is 5.49. The minimum Gasteiger partial charge on any atom is -0.493 e. The number of hydrogen-bond acceptors (Lipinski definition) is 2. The fraction of sp³-hybridized carbons (Fsp3) is 0.571. The van der Waals surface area contributed by atoms with Crippen molar-refractivity contribution < 1.29 is 4.74 Å². The van der Waals surface area contributed by atoms with Crippen molar-refractivity contribution in [3.63, 3.8) is 0 Å². The second-order valence-corrected chi connectivity index (χ2v) is 5.00. The van der Waals surface area contributed by atoms with Crippen molar-refractivity contribution in [2.24, 2.45) is 5.92 Å². The van der Waals surface area contributed by atoms with Crippen LogP contribution in [0.15, 0.2) is 24.3 Å². The molecule has 16 heavy (non-hydrogen) atoms. The summed E-state index contributed by atoms with van der Waals surface area (Å²) >= 11 is 0. The average Bonchev–Trinajstić information content (AvgIpc) is 2.21. The third kappa shape index (κ3) is 3.16. The lowest BCUT2D eigenvalue weighted by atomic mass is 9.93. The van der Waals surface area contributed by atoms with E-state index in [1.807, 2.05) is 6.07 Å². The summed E-state index contributed by atoms with van der Waals surface area (Å²) in [4.78, 5) is 0. The maximum Gasteiger partial charge on any atom is 0.121 e. The second-order valence-electron chi connectivity index (χ2n) is 5.00. The molecule has 88 valence electrons. The molecule has 1 aliphatic rings. The molecule has 0 unspecified atom stereocenters. The van der Waals surface area contributed by atoms with Crippen LogP contribution in [0.4, 0.5) is 5.69 Å². The van der Waals surface area contributed by atoms with Gasteiger partial charge in [0.15, 0.2) is 0 Å². The molecular formula is C14H21NO. The maximum atomic E-state index is 5.70. The normalized spacial score (nSPS) is 15.9. The van der Waals surface area contributed by atoms with Crippen molar-refractivity contribution in [3.05, 3.63) is 24.3 Å². The minimum absolute atomic E-state index is 0.572. The molecule has 0 bridgehead atoms. The van der Waals surface area contributed by atoms with Crippen LogP contribution in [0.5, 0.6) is 5.75 Å². The molecule has 2 rings (SSSR count). The molecule has 1 saturated carbocycles. The van der Waals surface area contributed by atoms with Crippen molar-refractivity contribution >= 4 is 5.69 Å². The van der Waals surface area contributed by atoms with Crippen molar-refractivity contribution in [2.45, 2.75) is 39.2 Å². The number of rotatable bonds is 5. The van der Waals surface area contributed by atoms with Crippen LogP contribution in [-0.4, -0.2) is 12.6 Å². The topological polar surface area (TPSA) is 21.3 Å². The Hall–Kier alpha value is -1.18. The van der Waals surface area contributed by atoms with Crippen molar-refractivity contribution in [1.82, 2.24) is 0 Å². The van der Waals surface area contributed by atoms with Gasteiger partial charge in [0.2, 0.25) is 0 Å². The first kappa shape index (κ1) is 11.3. The molecule has 0 aliphatic heterocycles. The van der Waals surface area contributed by atoms with Crippen LogP contribution in [0.2, 0.25) is 0 Å². The smallest absolute Gasteiger partial charge is 0.121 e. The predicted octanol–water partition coefficient (Wildman–Crippen LogP) is 3.69. The Morgan fingerprint density at radius 3 is 2.81 bits per heavy atom. The summed E-state index contributed by atoms with van der Waals surface area (Å²) in [5, 5.41) is 3.53. The first-order valence-electron chi connectivity index (χ1n) is 6.23. The highest BCUT2D eigenvalue weighted by atomic mass is 16.5. The molecule has 2 heteroatoms. The van der Waals surface area contributed by atoms with Gasteiger partial charge in [-0.15, -0.1) is 0 Å². The Morgan fingerprint density at radius 2 is 2.19 bits per heavy atom. The van der Waals surface area contributed by atoms with Crippen LogP contribution in [0, 0.1) is 5.92 Å². The van der Waals surface area contributed by atoms with Gasteiger partial charge in [-0.1, -0.05) is 19.9 Å². The van der Waals surface area contributed by atoms with Gasteiger partial charge in [-0.25, -0.2) is 0 Å². The Bertz CT molecular complexity index is 331. The second kappa shape index (κ2) is 5.24. The molecule has 1 aromatic carbocycles. The zero-order valence-electron chi connectivity index (χ0n) is 10.2. The molecule has 0 amide bonds. The molecule has 0 heterocycles. The van der Waals surface area contributed by atoms with Crippen LogP contribution in [0.3, 0.4) is 0 Å². The van der Waals surface area contributed by atoms with E-state index in [-0.39, 0.29) is 0 Å². The fourth-order valence-corrected chi connectivity index (χ4v) is 1.73. The van der Waals surface area contributed by atoms with Gasteiger partial charge in [0, 0.05) is 17.8 Å². The number of nitrogens with one attached hydrogen (secondary N) is 1. The fourth-order valence-electron chi connectivity index (χ4n) is 1.73. The van der Waals surface area contributed by atoms with Gasteiger partial charge in [-0.3, -0.25) is 0 Å². The van der Waals surface area contributed by atoms with Crippen molar-refractivity contribution in [2.75, 3.05) is 11.9 Å². The van der Waals surface area contributed by atoms with E-state index < -0.39 is 0 Å². The van der Waals surface area contributed by atoms with Gasteiger partial charge in [-0.05, 0) is 37.3 Å². The van der Waals surface area contributed by atoms with E-state index in [0.717, 1.165) is 12.4 Å². The Labute approximate surface area is 98.0 Å². The van der Waals surface area contributed by atoms with Crippen LogP contribution in [0.25, 0.3) is 0 Å². The third-order valence-electron chi connectivity index (χ3n) is 2.89. The van der Waals surface area contributed by atoms with Crippen LogP contribution in [-0.2, 0) is 0 Å². The zero-order valence-corrected chi connectivity index (χ0v) is 10.2. The maximum absolute atomic E-state index is 5.70. The first-order chi connectivity index (χ1) is 7.74. The number of anilines is 1. The molecule has 0 saturated heterocycles. The van der Waals surface area contributed by atoms with Gasteiger partial charge in [0.25, 0.3) is 0 Å². The Balaban J connectivity index is 1.90. The van der Waals surface area contributed by atoms with Gasteiger partial charge >= 0.3 is 0 Å². The summed E-state index contributed by atoms with van der Waals surface area (Å²) in [7, 11) is 0.